The van der Waals surface area contributed by atoms with Gasteiger partial charge < -0.3 is 0 Å². The van der Waals surface area contributed by atoms with Crippen molar-refractivity contribution in [2.45, 2.75) is 32.0 Å². The average Bonchev–Trinajstić information content (AvgIpc) is 3.42. The normalized spacial score (nSPS) is 14.4. The monoisotopic (exact) mass is 401 g/mol. The van der Waals surface area contributed by atoms with Crippen molar-refractivity contribution in [3.63, 3.8) is 0 Å². The minimum Gasteiger partial charge on any atom is -0.290 e. The molecule has 128 valence electrons. The van der Waals surface area contributed by atoms with Crippen LogP contribution < -0.4 is 5.56 Å². The number of nitrogens with zero attached hydrogens (tertiary/aromatic N) is 3. The predicted molar refractivity (Wildman–Crippen MR) is 97.8 cm³/mol. The molecule has 2 aromatic heterocycles. The Hall–Kier alpha value is -2.05. The average molecular weight is 402 g/mol. The molecule has 0 spiro atoms. The molecule has 0 atom stereocenters. The minimum atomic E-state index is -0.225. The third-order valence-electron chi connectivity index (χ3n) is 4.40. The maximum atomic E-state index is 13.1. The molecular weight excluding hydrogens is 385 g/mol. The fourth-order valence-electron chi connectivity index (χ4n) is 2.99. The van der Waals surface area contributed by atoms with Crippen LogP contribution in [0.15, 0.2) is 57.9 Å². The number of benzene rings is 1. The van der Waals surface area contributed by atoms with E-state index in [0.29, 0.717) is 18.2 Å². The number of pyridine rings is 1. The van der Waals surface area contributed by atoms with E-state index in [1.54, 1.807) is 12.3 Å². The zero-order valence-electron chi connectivity index (χ0n) is 13.5. The van der Waals surface area contributed by atoms with Crippen molar-refractivity contribution < 1.29 is 4.39 Å². The number of fused-ring (bicyclic) bond motifs is 1. The fourth-order valence-corrected chi connectivity index (χ4v) is 3.33. The fraction of sp³-hybridized carbons (Fsp3) is 0.263. The Balaban J connectivity index is 1.60. The van der Waals surface area contributed by atoms with Crippen LogP contribution in [0.2, 0.25) is 0 Å². The number of halogens is 2. The SMILES string of the molecule is O=c1cc(CN(Cc2ccc(F)cc2)C2CC2)nc2ccc(Br)cn12. The molecule has 4 rings (SSSR count). The van der Waals surface area contributed by atoms with Crippen molar-refractivity contribution in [1.82, 2.24) is 14.3 Å². The molecule has 0 bridgehead atoms. The molecule has 0 N–H and O–H groups in total. The molecule has 3 aromatic rings. The lowest BCUT2D eigenvalue weighted by atomic mass is 10.2. The molecule has 1 fully saturated rings. The molecule has 1 aliphatic rings. The standard InChI is InChI=1S/C19H17BrFN3O/c20-14-3-8-18-22-16(9-19(25)24(18)11-14)12-23(17-6-7-17)10-13-1-4-15(21)5-2-13/h1-5,8-9,11,17H,6-7,10,12H2. The maximum Gasteiger partial charge on any atom is 0.258 e. The minimum absolute atomic E-state index is 0.0844. The second-order valence-corrected chi connectivity index (χ2v) is 7.34. The second kappa shape index (κ2) is 6.69. The van der Waals surface area contributed by atoms with Crippen LogP contribution >= 0.6 is 15.9 Å². The molecule has 2 heterocycles. The molecule has 0 radical (unpaired) electrons. The first-order valence-corrected chi connectivity index (χ1v) is 9.04. The highest BCUT2D eigenvalue weighted by Crippen LogP contribution is 2.29. The van der Waals surface area contributed by atoms with Gasteiger partial charge in [0, 0.05) is 35.9 Å². The largest absolute Gasteiger partial charge is 0.290 e. The maximum absolute atomic E-state index is 13.1. The summed E-state index contributed by atoms with van der Waals surface area (Å²) in [5.41, 5.74) is 2.39. The van der Waals surface area contributed by atoms with Crippen LogP contribution in [0.25, 0.3) is 5.65 Å². The summed E-state index contributed by atoms with van der Waals surface area (Å²) in [7, 11) is 0. The molecule has 0 aliphatic heterocycles. The Morgan fingerprint density at radius 2 is 1.92 bits per heavy atom. The van der Waals surface area contributed by atoms with Crippen LogP contribution in [-0.4, -0.2) is 20.3 Å². The summed E-state index contributed by atoms with van der Waals surface area (Å²) in [4.78, 5) is 19.3. The van der Waals surface area contributed by atoms with Gasteiger partial charge >= 0.3 is 0 Å². The third-order valence-corrected chi connectivity index (χ3v) is 4.87. The Labute approximate surface area is 153 Å². The van der Waals surface area contributed by atoms with Gasteiger partial charge in [-0.1, -0.05) is 12.1 Å². The van der Waals surface area contributed by atoms with E-state index in [0.717, 1.165) is 35.1 Å². The van der Waals surface area contributed by atoms with Crippen molar-refractivity contribution in [3.05, 3.63) is 80.6 Å². The van der Waals surface area contributed by atoms with E-state index in [1.165, 1.54) is 16.5 Å². The van der Waals surface area contributed by atoms with E-state index in [-0.39, 0.29) is 11.4 Å². The Bertz CT molecular complexity index is 967. The van der Waals surface area contributed by atoms with E-state index < -0.39 is 0 Å². The predicted octanol–water partition coefficient (Wildman–Crippen LogP) is 3.76. The van der Waals surface area contributed by atoms with E-state index in [2.05, 4.69) is 25.8 Å². The lowest BCUT2D eigenvalue weighted by Gasteiger charge is -2.21. The van der Waals surface area contributed by atoms with Gasteiger partial charge in [-0.05, 0) is 58.6 Å². The van der Waals surface area contributed by atoms with Crippen LogP contribution in [0.1, 0.15) is 24.1 Å². The Kier molecular flexibility index (Phi) is 4.39. The molecule has 6 heteroatoms. The lowest BCUT2D eigenvalue weighted by molar-refractivity contribution is 0.242. The third kappa shape index (κ3) is 3.80. The van der Waals surface area contributed by atoms with E-state index in [9.17, 15) is 9.18 Å². The molecule has 0 unspecified atom stereocenters. The Morgan fingerprint density at radius 3 is 2.64 bits per heavy atom. The van der Waals surface area contributed by atoms with Gasteiger partial charge in [0.05, 0.1) is 5.69 Å². The first-order valence-electron chi connectivity index (χ1n) is 8.25. The van der Waals surface area contributed by atoms with Crippen molar-refractivity contribution in [2.24, 2.45) is 0 Å². The van der Waals surface area contributed by atoms with E-state index in [4.69, 9.17) is 0 Å². The van der Waals surface area contributed by atoms with Gasteiger partial charge in [-0.3, -0.25) is 14.1 Å². The summed E-state index contributed by atoms with van der Waals surface area (Å²) in [6.07, 6.45) is 4.03. The van der Waals surface area contributed by atoms with Gasteiger partial charge in [-0.25, -0.2) is 9.37 Å². The van der Waals surface area contributed by atoms with Crippen molar-refractivity contribution in [2.75, 3.05) is 0 Å². The van der Waals surface area contributed by atoms with Crippen molar-refractivity contribution >= 4 is 21.6 Å². The lowest BCUT2D eigenvalue weighted by Crippen LogP contribution is -2.27. The summed E-state index contributed by atoms with van der Waals surface area (Å²) >= 11 is 3.37. The summed E-state index contributed by atoms with van der Waals surface area (Å²) < 4.78 is 15.5. The van der Waals surface area contributed by atoms with Crippen LogP contribution in [-0.2, 0) is 13.1 Å². The van der Waals surface area contributed by atoms with Gasteiger partial charge in [-0.2, -0.15) is 0 Å². The summed E-state index contributed by atoms with van der Waals surface area (Å²) in [5, 5.41) is 0. The highest BCUT2D eigenvalue weighted by molar-refractivity contribution is 9.10. The highest BCUT2D eigenvalue weighted by Gasteiger charge is 2.29. The Morgan fingerprint density at radius 1 is 1.16 bits per heavy atom. The first kappa shape index (κ1) is 16.4. The van der Waals surface area contributed by atoms with Crippen LogP contribution in [0.5, 0.6) is 0 Å². The van der Waals surface area contributed by atoms with Crippen LogP contribution in [0.3, 0.4) is 0 Å². The first-order chi connectivity index (χ1) is 12.1. The summed E-state index contributed by atoms with van der Waals surface area (Å²) in [6.45, 7) is 1.34. The number of hydrogen-bond donors (Lipinski definition) is 0. The zero-order chi connectivity index (χ0) is 17.4. The van der Waals surface area contributed by atoms with Crippen molar-refractivity contribution in [1.29, 1.82) is 0 Å². The number of aromatic nitrogens is 2. The van der Waals surface area contributed by atoms with E-state index >= 15 is 0 Å². The number of hydrogen-bond acceptors (Lipinski definition) is 3. The van der Waals surface area contributed by atoms with Gasteiger partial charge in [0.15, 0.2) is 0 Å². The van der Waals surface area contributed by atoms with Gasteiger partial charge in [-0.15, -0.1) is 0 Å². The topological polar surface area (TPSA) is 37.6 Å². The van der Waals surface area contributed by atoms with Gasteiger partial charge in [0.1, 0.15) is 11.5 Å². The smallest absolute Gasteiger partial charge is 0.258 e. The molecular formula is C19H17BrFN3O. The molecule has 0 amide bonds. The molecule has 1 aliphatic carbocycles. The van der Waals surface area contributed by atoms with Crippen LogP contribution in [0, 0.1) is 5.82 Å². The van der Waals surface area contributed by atoms with Crippen LogP contribution in [0.4, 0.5) is 4.39 Å². The van der Waals surface area contributed by atoms with Gasteiger partial charge in [0.25, 0.3) is 5.56 Å². The zero-order valence-corrected chi connectivity index (χ0v) is 15.1. The quantitative estimate of drug-likeness (QED) is 0.652. The molecule has 0 saturated heterocycles. The molecule has 25 heavy (non-hydrogen) atoms. The second-order valence-electron chi connectivity index (χ2n) is 6.42. The molecule has 1 saturated carbocycles. The van der Waals surface area contributed by atoms with E-state index in [1.807, 2.05) is 24.3 Å². The summed E-state index contributed by atoms with van der Waals surface area (Å²) in [5.74, 6) is -0.225. The highest BCUT2D eigenvalue weighted by atomic mass is 79.9. The molecule has 1 aromatic carbocycles. The van der Waals surface area contributed by atoms with Gasteiger partial charge in [0.2, 0.25) is 0 Å². The molecule has 4 nitrogen and oxygen atoms in total. The number of rotatable bonds is 5. The summed E-state index contributed by atoms with van der Waals surface area (Å²) in [6, 6.07) is 12.4. The van der Waals surface area contributed by atoms with Crippen molar-refractivity contribution in [3.8, 4) is 0 Å².